The highest BCUT2D eigenvalue weighted by Gasteiger charge is 2.29. The second kappa shape index (κ2) is 5.00. The molecule has 1 aliphatic carbocycles. The number of amides is 1. The first-order valence-corrected chi connectivity index (χ1v) is 6.60. The van der Waals surface area contributed by atoms with Gasteiger partial charge in [-0.2, -0.15) is 0 Å². The molecule has 1 aromatic carbocycles. The van der Waals surface area contributed by atoms with E-state index in [-0.39, 0.29) is 5.91 Å². The number of aryl methyl sites for hydroxylation is 1. The Labute approximate surface area is 116 Å². The van der Waals surface area contributed by atoms with Gasteiger partial charge in [0.1, 0.15) is 11.5 Å². The molecule has 3 rings (SSSR count). The van der Waals surface area contributed by atoms with Crippen LogP contribution in [0.5, 0.6) is 5.75 Å². The SMILES string of the molecule is COc1ccc(C)cc1NC(=O)c1cc(C2CC2)on1. The summed E-state index contributed by atoms with van der Waals surface area (Å²) in [7, 11) is 1.57. The molecule has 0 atom stereocenters. The van der Waals surface area contributed by atoms with Gasteiger partial charge in [0.25, 0.3) is 5.91 Å². The van der Waals surface area contributed by atoms with E-state index in [4.69, 9.17) is 9.26 Å². The Morgan fingerprint density at radius 1 is 1.40 bits per heavy atom. The normalized spacial score (nSPS) is 14.1. The van der Waals surface area contributed by atoms with Gasteiger partial charge in [-0.1, -0.05) is 11.2 Å². The maximum atomic E-state index is 12.2. The molecule has 1 heterocycles. The van der Waals surface area contributed by atoms with Crippen molar-refractivity contribution in [1.82, 2.24) is 5.16 Å². The third-order valence-corrected chi connectivity index (χ3v) is 3.34. The number of benzene rings is 1. The van der Waals surface area contributed by atoms with Gasteiger partial charge in [0.2, 0.25) is 0 Å². The summed E-state index contributed by atoms with van der Waals surface area (Å²) in [5.41, 5.74) is 1.98. The molecule has 0 bridgehead atoms. The molecule has 0 aliphatic heterocycles. The van der Waals surface area contributed by atoms with Crippen molar-refractivity contribution in [2.45, 2.75) is 25.7 Å². The van der Waals surface area contributed by atoms with E-state index in [0.717, 1.165) is 24.2 Å². The van der Waals surface area contributed by atoms with Crippen molar-refractivity contribution >= 4 is 11.6 Å². The lowest BCUT2D eigenvalue weighted by molar-refractivity contribution is 0.101. The van der Waals surface area contributed by atoms with Crippen LogP contribution in [0, 0.1) is 6.92 Å². The van der Waals surface area contributed by atoms with Crippen molar-refractivity contribution in [3.8, 4) is 5.75 Å². The fourth-order valence-corrected chi connectivity index (χ4v) is 2.06. The van der Waals surface area contributed by atoms with E-state index in [1.807, 2.05) is 25.1 Å². The van der Waals surface area contributed by atoms with Crippen LogP contribution in [0.3, 0.4) is 0 Å². The van der Waals surface area contributed by atoms with E-state index in [1.165, 1.54) is 0 Å². The average Bonchev–Trinajstić information content (AvgIpc) is 3.16. The monoisotopic (exact) mass is 272 g/mol. The Kier molecular flexibility index (Phi) is 3.18. The fraction of sp³-hybridized carbons (Fsp3) is 0.333. The highest BCUT2D eigenvalue weighted by atomic mass is 16.5. The van der Waals surface area contributed by atoms with Gasteiger partial charge >= 0.3 is 0 Å². The molecule has 5 nitrogen and oxygen atoms in total. The van der Waals surface area contributed by atoms with Crippen LogP contribution in [-0.4, -0.2) is 18.2 Å². The summed E-state index contributed by atoms with van der Waals surface area (Å²) in [5, 5.41) is 6.63. The minimum absolute atomic E-state index is 0.287. The number of methoxy groups -OCH3 is 1. The molecule has 0 unspecified atom stereocenters. The first-order valence-electron chi connectivity index (χ1n) is 6.60. The van der Waals surface area contributed by atoms with Gasteiger partial charge in [0.15, 0.2) is 5.69 Å². The number of carbonyl (C=O) groups excluding carboxylic acids is 1. The molecule has 20 heavy (non-hydrogen) atoms. The van der Waals surface area contributed by atoms with Crippen LogP contribution in [0.2, 0.25) is 0 Å². The summed E-state index contributed by atoms with van der Waals surface area (Å²) in [6.07, 6.45) is 2.23. The third-order valence-electron chi connectivity index (χ3n) is 3.34. The van der Waals surface area contributed by atoms with Crippen LogP contribution < -0.4 is 10.1 Å². The highest BCUT2D eigenvalue weighted by molar-refractivity contribution is 6.03. The van der Waals surface area contributed by atoms with Gasteiger partial charge in [-0.3, -0.25) is 4.79 Å². The fourth-order valence-electron chi connectivity index (χ4n) is 2.06. The van der Waals surface area contributed by atoms with Crippen molar-refractivity contribution < 1.29 is 14.1 Å². The smallest absolute Gasteiger partial charge is 0.277 e. The van der Waals surface area contributed by atoms with E-state index in [0.29, 0.717) is 23.0 Å². The molecule has 1 saturated carbocycles. The molecule has 0 radical (unpaired) electrons. The van der Waals surface area contributed by atoms with Crippen molar-refractivity contribution in [2.75, 3.05) is 12.4 Å². The van der Waals surface area contributed by atoms with Crippen molar-refractivity contribution in [1.29, 1.82) is 0 Å². The molecule has 2 aromatic rings. The van der Waals surface area contributed by atoms with Gasteiger partial charge in [0, 0.05) is 12.0 Å². The van der Waals surface area contributed by atoms with Crippen LogP contribution in [0.25, 0.3) is 0 Å². The van der Waals surface area contributed by atoms with E-state index < -0.39 is 0 Å². The summed E-state index contributed by atoms with van der Waals surface area (Å²) in [6.45, 7) is 1.95. The second-order valence-corrected chi connectivity index (χ2v) is 5.05. The molecular weight excluding hydrogens is 256 g/mol. The number of rotatable bonds is 4. The maximum Gasteiger partial charge on any atom is 0.277 e. The van der Waals surface area contributed by atoms with Gasteiger partial charge < -0.3 is 14.6 Å². The summed E-state index contributed by atoms with van der Waals surface area (Å²) in [6, 6.07) is 7.33. The van der Waals surface area contributed by atoms with Crippen LogP contribution in [0.4, 0.5) is 5.69 Å². The summed E-state index contributed by atoms with van der Waals surface area (Å²) in [5.74, 6) is 1.57. The minimum Gasteiger partial charge on any atom is -0.495 e. The lowest BCUT2D eigenvalue weighted by Crippen LogP contribution is -2.13. The number of nitrogens with zero attached hydrogens (tertiary/aromatic N) is 1. The largest absolute Gasteiger partial charge is 0.495 e. The highest BCUT2D eigenvalue weighted by Crippen LogP contribution is 2.40. The minimum atomic E-state index is -0.287. The molecule has 0 spiro atoms. The Bertz CT molecular complexity index is 644. The molecule has 1 aromatic heterocycles. The van der Waals surface area contributed by atoms with Crippen molar-refractivity contribution in [3.63, 3.8) is 0 Å². The van der Waals surface area contributed by atoms with Gasteiger partial charge in [-0.15, -0.1) is 0 Å². The third kappa shape index (κ3) is 2.52. The number of hydrogen-bond donors (Lipinski definition) is 1. The van der Waals surface area contributed by atoms with Gasteiger partial charge in [-0.05, 0) is 37.5 Å². The number of nitrogens with one attached hydrogen (secondary N) is 1. The van der Waals surface area contributed by atoms with Crippen molar-refractivity contribution in [3.05, 3.63) is 41.3 Å². The zero-order valence-electron chi connectivity index (χ0n) is 11.5. The summed E-state index contributed by atoms with van der Waals surface area (Å²) < 4.78 is 10.4. The molecule has 1 amide bonds. The lowest BCUT2D eigenvalue weighted by atomic mass is 10.2. The number of carbonyl (C=O) groups is 1. The zero-order chi connectivity index (χ0) is 14.1. The Morgan fingerprint density at radius 2 is 2.20 bits per heavy atom. The Balaban J connectivity index is 1.79. The second-order valence-electron chi connectivity index (χ2n) is 5.05. The molecule has 1 aliphatic rings. The summed E-state index contributed by atoms with van der Waals surface area (Å²) in [4.78, 5) is 12.2. The van der Waals surface area contributed by atoms with Gasteiger partial charge in [-0.25, -0.2) is 0 Å². The standard InChI is InChI=1S/C15H16N2O3/c1-9-3-6-13(19-2)11(7-9)16-15(18)12-8-14(20-17-12)10-4-5-10/h3,6-8,10H,4-5H2,1-2H3,(H,16,18). The summed E-state index contributed by atoms with van der Waals surface area (Å²) >= 11 is 0. The lowest BCUT2D eigenvalue weighted by Gasteiger charge is -2.09. The quantitative estimate of drug-likeness (QED) is 0.928. The maximum absolute atomic E-state index is 12.2. The Hall–Kier alpha value is -2.30. The average molecular weight is 272 g/mol. The Morgan fingerprint density at radius 3 is 2.90 bits per heavy atom. The van der Waals surface area contributed by atoms with E-state index in [2.05, 4.69) is 10.5 Å². The molecule has 104 valence electrons. The molecule has 1 N–H and O–H groups in total. The molecule has 0 saturated heterocycles. The first-order chi connectivity index (χ1) is 9.67. The van der Waals surface area contributed by atoms with Crippen LogP contribution in [0.15, 0.2) is 28.8 Å². The van der Waals surface area contributed by atoms with Crippen LogP contribution >= 0.6 is 0 Å². The molecular formula is C15H16N2O3. The number of ether oxygens (including phenoxy) is 1. The first kappa shape index (κ1) is 12.7. The van der Waals surface area contributed by atoms with E-state index in [1.54, 1.807) is 13.2 Å². The van der Waals surface area contributed by atoms with Crippen LogP contribution in [0.1, 0.15) is 40.6 Å². The topological polar surface area (TPSA) is 64.4 Å². The molecule has 5 heteroatoms. The predicted octanol–water partition coefficient (Wildman–Crippen LogP) is 3.12. The van der Waals surface area contributed by atoms with E-state index in [9.17, 15) is 4.79 Å². The van der Waals surface area contributed by atoms with Gasteiger partial charge in [0.05, 0.1) is 12.8 Å². The molecule has 1 fully saturated rings. The number of hydrogen-bond acceptors (Lipinski definition) is 4. The van der Waals surface area contributed by atoms with E-state index >= 15 is 0 Å². The number of aromatic nitrogens is 1. The number of anilines is 1. The zero-order valence-corrected chi connectivity index (χ0v) is 11.5. The predicted molar refractivity (Wildman–Crippen MR) is 74.2 cm³/mol. The van der Waals surface area contributed by atoms with Crippen molar-refractivity contribution in [2.24, 2.45) is 0 Å². The van der Waals surface area contributed by atoms with Crippen LogP contribution in [-0.2, 0) is 0 Å².